The van der Waals surface area contributed by atoms with E-state index in [1.54, 1.807) is 0 Å². The highest BCUT2D eigenvalue weighted by molar-refractivity contribution is 6.89. The van der Waals surface area contributed by atoms with Crippen LogP contribution in [0.25, 0.3) is 0 Å². The van der Waals surface area contributed by atoms with Crippen LogP contribution in [0.2, 0.25) is 19.1 Å². The molecule has 0 unspecified atom stereocenters. The summed E-state index contributed by atoms with van der Waals surface area (Å²) in [7, 11) is -1.33. The monoisotopic (exact) mass is 269 g/mol. The molecule has 0 radical (unpaired) electrons. The first-order chi connectivity index (χ1) is 9.18. The van der Waals surface area contributed by atoms with Crippen LogP contribution in [0, 0.1) is 0 Å². The molecule has 1 nitrogen and oxygen atoms in total. The predicted molar refractivity (Wildman–Crippen MR) is 85.5 cm³/mol. The van der Waals surface area contributed by atoms with Crippen molar-refractivity contribution in [3.63, 3.8) is 0 Å². The largest absolute Gasteiger partial charge is 0.266 e. The zero-order chi connectivity index (χ0) is 13.6. The third kappa shape index (κ3) is 4.32. The van der Waals surface area contributed by atoms with Gasteiger partial charge in [0.05, 0.1) is 0 Å². The van der Waals surface area contributed by atoms with Gasteiger partial charge in [0.2, 0.25) is 0 Å². The van der Waals surface area contributed by atoms with Crippen LogP contribution < -0.4 is 5.32 Å². The van der Waals surface area contributed by atoms with Crippen molar-refractivity contribution in [2.24, 2.45) is 0 Å². The Morgan fingerprint density at radius 2 is 1.63 bits per heavy atom. The van der Waals surface area contributed by atoms with E-state index in [9.17, 15) is 0 Å². The van der Waals surface area contributed by atoms with Gasteiger partial charge in [-0.25, -0.2) is 0 Å². The van der Waals surface area contributed by atoms with Gasteiger partial charge < -0.3 is 0 Å². The minimum Gasteiger partial charge on any atom is -0.266 e. The lowest BCUT2D eigenvalue weighted by molar-refractivity contribution is 0.786. The molecule has 0 N–H and O–H groups in total. The number of aromatic nitrogens is 1. The highest BCUT2D eigenvalue weighted by Gasteiger charge is 2.23. The minimum absolute atomic E-state index is 1.20. The van der Waals surface area contributed by atoms with Crippen LogP contribution in [-0.2, 0) is 6.42 Å². The standard InChI is InChI=1S/C17H23NSi/c1-19(2,17-13-6-8-14-18-17)15-9-7-12-16-10-4-3-5-11-16/h3-6,8,10-11,13-14H,7,9,12,15H2,1-2H3. The van der Waals surface area contributed by atoms with Crippen molar-refractivity contribution in [3.8, 4) is 0 Å². The van der Waals surface area contributed by atoms with Gasteiger partial charge in [0.25, 0.3) is 0 Å². The number of hydrogen-bond donors (Lipinski definition) is 0. The predicted octanol–water partition coefficient (Wildman–Crippen LogP) is 4.02. The quantitative estimate of drug-likeness (QED) is 0.570. The Morgan fingerprint density at radius 1 is 0.895 bits per heavy atom. The molecule has 0 saturated heterocycles. The molecule has 2 rings (SSSR count). The van der Waals surface area contributed by atoms with Crippen LogP contribution in [0.4, 0.5) is 0 Å². The molecule has 0 atom stereocenters. The maximum Gasteiger partial charge on any atom is 0.104 e. The van der Waals surface area contributed by atoms with Gasteiger partial charge in [0.1, 0.15) is 8.07 Å². The number of hydrogen-bond acceptors (Lipinski definition) is 1. The van der Waals surface area contributed by atoms with E-state index in [2.05, 4.69) is 60.5 Å². The molecule has 1 heterocycles. The second kappa shape index (κ2) is 6.67. The molecule has 0 aliphatic heterocycles. The van der Waals surface area contributed by atoms with E-state index in [4.69, 9.17) is 0 Å². The van der Waals surface area contributed by atoms with Gasteiger partial charge in [-0.3, -0.25) is 4.98 Å². The maximum absolute atomic E-state index is 4.55. The number of nitrogens with zero attached hydrogens (tertiary/aromatic N) is 1. The Kier molecular flexibility index (Phi) is 4.91. The SMILES string of the molecule is C[Si](C)(CCCCc1ccccc1)c1ccccn1. The lowest BCUT2D eigenvalue weighted by atomic mass is 10.1. The summed E-state index contributed by atoms with van der Waals surface area (Å²) in [6, 6.07) is 18.4. The van der Waals surface area contributed by atoms with Crippen LogP contribution in [-0.4, -0.2) is 13.1 Å². The minimum atomic E-state index is -1.33. The molecule has 1 aromatic heterocycles. The molecule has 0 fully saturated rings. The van der Waals surface area contributed by atoms with E-state index >= 15 is 0 Å². The van der Waals surface area contributed by atoms with E-state index < -0.39 is 8.07 Å². The third-order valence-electron chi connectivity index (χ3n) is 3.72. The summed E-state index contributed by atoms with van der Waals surface area (Å²) >= 11 is 0. The molecule has 100 valence electrons. The number of benzene rings is 1. The fraction of sp³-hybridized carbons (Fsp3) is 0.353. The Hall–Kier alpha value is -1.41. The maximum atomic E-state index is 4.55. The first-order valence-electron chi connectivity index (χ1n) is 7.14. The highest BCUT2D eigenvalue weighted by Crippen LogP contribution is 2.15. The van der Waals surface area contributed by atoms with Crippen molar-refractivity contribution in [1.82, 2.24) is 4.98 Å². The first-order valence-corrected chi connectivity index (χ1v) is 10.3. The summed E-state index contributed by atoms with van der Waals surface area (Å²) in [6.07, 6.45) is 5.72. The molecular formula is C17H23NSi. The summed E-state index contributed by atoms with van der Waals surface area (Å²) < 4.78 is 0. The zero-order valence-electron chi connectivity index (χ0n) is 12.0. The Bertz CT molecular complexity index is 479. The second-order valence-corrected chi connectivity index (χ2v) is 10.6. The molecule has 0 bridgehead atoms. The normalized spacial score (nSPS) is 11.5. The molecule has 0 amide bonds. The van der Waals surface area contributed by atoms with Gasteiger partial charge in [-0.05, 0) is 30.5 Å². The number of unbranched alkanes of at least 4 members (excludes halogenated alkanes) is 1. The fourth-order valence-electron chi connectivity index (χ4n) is 2.43. The van der Waals surface area contributed by atoms with E-state index in [0.29, 0.717) is 0 Å². The number of pyridine rings is 1. The van der Waals surface area contributed by atoms with Crippen molar-refractivity contribution >= 4 is 13.4 Å². The second-order valence-electron chi connectivity index (χ2n) is 5.79. The van der Waals surface area contributed by atoms with Crippen molar-refractivity contribution in [2.75, 3.05) is 0 Å². The smallest absolute Gasteiger partial charge is 0.104 e. The molecule has 2 aromatic rings. The zero-order valence-corrected chi connectivity index (χ0v) is 13.0. The van der Waals surface area contributed by atoms with Gasteiger partial charge in [-0.2, -0.15) is 0 Å². The summed E-state index contributed by atoms with van der Waals surface area (Å²) in [5.74, 6) is 0. The average molecular weight is 269 g/mol. The van der Waals surface area contributed by atoms with E-state index in [1.165, 1.54) is 36.2 Å². The summed E-state index contributed by atoms with van der Waals surface area (Å²) in [5.41, 5.74) is 1.46. The van der Waals surface area contributed by atoms with E-state index in [-0.39, 0.29) is 0 Å². The molecule has 1 aromatic carbocycles. The van der Waals surface area contributed by atoms with Crippen molar-refractivity contribution in [3.05, 3.63) is 60.3 Å². The van der Waals surface area contributed by atoms with Crippen molar-refractivity contribution in [1.29, 1.82) is 0 Å². The molecule has 0 aliphatic rings. The van der Waals surface area contributed by atoms with Gasteiger partial charge in [0, 0.05) is 11.5 Å². The number of rotatable bonds is 6. The van der Waals surface area contributed by atoms with Crippen molar-refractivity contribution in [2.45, 2.75) is 38.4 Å². The molecule has 2 heteroatoms. The van der Waals surface area contributed by atoms with E-state index in [0.717, 1.165) is 0 Å². The summed E-state index contributed by atoms with van der Waals surface area (Å²) in [4.78, 5) is 4.55. The van der Waals surface area contributed by atoms with Gasteiger partial charge in [-0.15, -0.1) is 0 Å². The van der Waals surface area contributed by atoms with Crippen molar-refractivity contribution < 1.29 is 0 Å². The summed E-state index contributed by atoms with van der Waals surface area (Å²) in [6.45, 7) is 4.86. The molecule has 19 heavy (non-hydrogen) atoms. The van der Waals surface area contributed by atoms with Crippen LogP contribution in [0.5, 0.6) is 0 Å². The van der Waals surface area contributed by atoms with Gasteiger partial charge in [-0.1, -0.05) is 62.0 Å². The van der Waals surface area contributed by atoms with Crippen LogP contribution >= 0.6 is 0 Å². The van der Waals surface area contributed by atoms with E-state index in [1.807, 2.05) is 12.3 Å². The Labute approximate surface area is 117 Å². The molecule has 0 saturated carbocycles. The lowest BCUT2D eigenvalue weighted by Crippen LogP contribution is -2.42. The Morgan fingerprint density at radius 3 is 2.32 bits per heavy atom. The lowest BCUT2D eigenvalue weighted by Gasteiger charge is -2.21. The topological polar surface area (TPSA) is 12.9 Å². The summed E-state index contributed by atoms with van der Waals surface area (Å²) in [5, 5.41) is 1.34. The first kappa shape index (κ1) is 14.0. The molecule has 0 aliphatic carbocycles. The average Bonchev–Trinajstić information content (AvgIpc) is 2.46. The molecule has 0 spiro atoms. The third-order valence-corrected chi connectivity index (χ3v) is 7.00. The van der Waals surface area contributed by atoms with Gasteiger partial charge in [0.15, 0.2) is 0 Å². The van der Waals surface area contributed by atoms with Crippen LogP contribution in [0.1, 0.15) is 18.4 Å². The highest BCUT2D eigenvalue weighted by atomic mass is 28.3. The van der Waals surface area contributed by atoms with Crippen LogP contribution in [0.3, 0.4) is 0 Å². The van der Waals surface area contributed by atoms with Crippen LogP contribution in [0.15, 0.2) is 54.7 Å². The van der Waals surface area contributed by atoms with Gasteiger partial charge >= 0.3 is 0 Å². The molecular weight excluding hydrogens is 246 g/mol. The Balaban J connectivity index is 1.79. The fourth-order valence-corrected chi connectivity index (χ4v) is 4.79. The number of aryl methyl sites for hydroxylation is 1.